The third kappa shape index (κ3) is 6.39. The number of oxime groups is 1. The number of nitrogens with zero attached hydrogens (tertiary/aromatic N) is 3. The summed E-state index contributed by atoms with van der Waals surface area (Å²) in [7, 11) is 0. The summed E-state index contributed by atoms with van der Waals surface area (Å²) >= 11 is 0. The van der Waals surface area contributed by atoms with Gasteiger partial charge >= 0.3 is 5.97 Å². The van der Waals surface area contributed by atoms with Gasteiger partial charge in [-0.2, -0.15) is 0 Å². The van der Waals surface area contributed by atoms with E-state index >= 15 is 0 Å². The van der Waals surface area contributed by atoms with Gasteiger partial charge in [-0.05, 0) is 43.7 Å². The van der Waals surface area contributed by atoms with E-state index in [1.165, 1.54) is 0 Å². The van der Waals surface area contributed by atoms with E-state index in [1.54, 1.807) is 31.2 Å². The molecule has 2 aromatic carbocycles. The molecule has 0 aliphatic heterocycles. The Morgan fingerprint density at radius 3 is 2.47 bits per heavy atom. The van der Waals surface area contributed by atoms with Gasteiger partial charge in [-0.1, -0.05) is 35.5 Å². The lowest BCUT2D eigenvalue weighted by Gasteiger charge is -2.13. The van der Waals surface area contributed by atoms with Gasteiger partial charge in [0.2, 0.25) is 5.89 Å². The van der Waals surface area contributed by atoms with Gasteiger partial charge in [-0.25, -0.2) is 4.79 Å². The van der Waals surface area contributed by atoms with Crippen molar-refractivity contribution in [2.45, 2.75) is 26.4 Å². The molecule has 0 aliphatic rings. The van der Waals surface area contributed by atoms with Gasteiger partial charge in [0.1, 0.15) is 19.0 Å². The first kappa shape index (κ1) is 23.0. The van der Waals surface area contributed by atoms with Gasteiger partial charge in [0, 0.05) is 18.6 Å². The molecule has 1 heterocycles. The summed E-state index contributed by atoms with van der Waals surface area (Å²) in [5.41, 5.74) is 1.98. The average molecular weight is 439 g/mol. The van der Waals surface area contributed by atoms with Gasteiger partial charge in [0.05, 0.1) is 0 Å². The lowest BCUT2D eigenvalue weighted by molar-refractivity contribution is -0.149. The normalized spacial score (nSPS) is 12.4. The van der Waals surface area contributed by atoms with Crippen molar-refractivity contribution in [1.29, 1.82) is 0 Å². The molecule has 9 heteroatoms. The second-order valence-corrected chi connectivity index (χ2v) is 6.65. The van der Waals surface area contributed by atoms with E-state index in [0.717, 1.165) is 11.1 Å². The Morgan fingerprint density at radius 2 is 1.81 bits per heavy atom. The van der Waals surface area contributed by atoms with E-state index in [2.05, 4.69) is 15.4 Å². The SMILES string of the molecule is CCON=C(COc1ccc(CC(OCC)C(=O)O)cc1)c1nnc(-c2ccccc2)o1. The predicted molar refractivity (Wildman–Crippen MR) is 117 cm³/mol. The zero-order valence-corrected chi connectivity index (χ0v) is 17.9. The van der Waals surface area contributed by atoms with E-state index in [1.807, 2.05) is 37.3 Å². The van der Waals surface area contributed by atoms with Gasteiger partial charge < -0.3 is 23.8 Å². The highest BCUT2D eigenvalue weighted by molar-refractivity contribution is 5.97. The predicted octanol–water partition coefficient (Wildman–Crippen LogP) is 3.59. The zero-order valence-electron chi connectivity index (χ0n) is 17.9. The standard InChI is InChI=1S/C23H25N3O6/c1-3-29-20(23(27)28)14-16-10-12-18(13-11-16)30-15-19(26-31-4-2)22-25-24-21(32-22)17-8-6-5-7-9-17/h5-13,20H,3-4,14-15H2,1-2H3,(H,27,28). The van der Waals surface area contributed by atoms with Crippen LogP contribution in [0.25, 0.3) is 11.5 Å². The second kappa shape index (κ2) is 11.6. The number of carboxylic acid groups (broad SMARTS) is 1. The Hall–Kier alpha value is -3.72. The number of aromatic nitrogens is 2. The Kier molecular flexibility index (Phi) is 8.33. The molecule has 1 unspecified atom stereocenters. The van der Waals surface area contributed by atoms with Crippen LogP contribution in [0.1, 0.15) is 25.3 Å². The molecule has 0 saturated heterocycles. The monoisotopic (exact) mass is 439 g/mol. The Balaban J connectivity index is 1.66. The third-order valence-electron chi connectivity index (χ3n) is 4.36. The molecule has 0 fully saturated rings. The van der Waals surface area contributed by atoms with Crippen LogP contribution in [0, 0.1) is 0 Å². The van der Waals surface area contributed by atoms with Crippen LogP contribution < -0.4 is 4.74 Å². The van der Waals surface area contributed by atoms with Crippen LogP contribution in [0.15, 0.2) is 64.2 Å². The van der Waals surface area contributed by atoms with Crippen molar-refractivity contribution < 1.29 is 28.6 Å². The van der Waals surface area contributed by atoms with E-state index in [9.17, 15) is 9.90 Å². The summed E-state index contributed by atoms with van der Waals surface area (Å²) in [6, 6.07) is 16.5. The summed E-state index contributed by atoms with van der Waals surface area (Å²) in [6.45, 7) is 4.34. The molecule has 1 aromatic heterocycles. The average Bonchev–Trinajstić information content (AvgIpc) is 3.30. The Bertz CT molecular complexity index is 1020. The third-order valence-corrected chi connectivity index (χ3v) is 4.36. The summed E-state index contributed by atoms with van der Waals surface area (Å²) in [4.78, 5) is 16.4. The number of aliphatic carboxylic acids is 1. The van der Waals surface area contributed by atoms with Crippen LogP contribution in [0.2, 0.25) is 0 Å². The molecule has 32 heavy (non-hydrogen) atoms. The number of benzene rings is 2. The number of ether oxygens (including phenoxy) is 2. The molecular weight excluding hydrogens is 414 g/mol. The first-order valence-electron chi connectivity index (χ1n) is 10.2. The molecule has 3 rings (SSSR count). The number of rotatable bonds is 12. The molecule has 0 saturated carbocycles. The largest absolute Gasteiger partial charge is 0.487 e. The van der Waals surface area contributed by atoms with Crippen LogP contribution in [0.4, 0.5) is 0 Å². The van der Waals surface area contributed by atoms with Gasteiger partial charge in [0.15, 0.2) is 11.8 Å². The first-order valence-corrected chi connectivity index (χ1v) is 10.2. The van der Waals surface area contributed by atoms with E-state index < -0.39 is 12.1 Å². The fourth-order valence-electron chi connectivity index (χ4n) is 2.81. The van der Waals surface area contributed by atoms with Gasteiger partial charge in [0.25, 0.3) is 5.89 Å². The Labute approximate surface area is 185 Å². The molecule has 0 bridgehead atoms. The van der Waals surface area contributed by atoms with Gasteiger partial charge in [-0.15, -0.1) is 10.2 Å². The van der Waals surface area contributed by atoms with Crippen LogP contribution in [-0.2, 0) is 20.8 Å². The van der Waals surface area contributed by atoms with Crippen molar-refractivity contribution in [2.75, 3.05) is 19.8 Å². The molecule has 168 valence electrons. The van der Waals surface area contributed by atoms with Crippen LogP contribution >= 0.6 is 0 Å². The topological polar surface area (TPSA) is 116 Å². The smallest absolute Gasteiger partial charge is 0.333 e. The maximum atomic E-state index is 11.3. The molecule has 1 atom stereocenters. The Morgan fingerprint density at radius 1 is 1.06 bits per heavy atom. The highest BCUT2D eigenvalue weighted by Crippen LogP contribution is 2.19. The quantitative estimate of drug-likeness (QED) is 0.336. The molecule has 0 spiro atoms. The molecule has 0 amide bonds. The van der Waals surface area contributed by atoms with Crippen LogP contribution in [0.5, 0.6) is 5.75 Å². The van der Waals surface area contributed by atoms with Crippen molar-refractivity contribution in [1.82, 2.24) is 10.2 Å². The molecule has 9 nitrogen and oxygen atoms in total. The molecule has 1 N–H and O–H groups in total. The minimum atomic E-state index is -0.988. The van der Waals surface area contributed by atoms with Gasteiger partial charge in [-0.3, -0.25) is 0 Å². The first-order chi connectivity index (χ1) is 15.6. The number of hydrogen-bond donors (Lipinski definition) is 1. The van der Waals surface area contributed by atoms with Crippen LogP contribution in [0.3, 0.4) is 0 Å². The fraction of sp³-hybridized carbons (Fsp3) is 0.304. The zero-order chi connectivity index (χ0) is 22.8. The number of hydrogen-bond acceptors (Lipinski definition) is 8. The maximum absolute atomic E-state index is 11.3. The van der Waals surface area contributed by atoms with E-state index in [4.69, 9.17) is 18.7 Å². The minimum absolute atomic E-state index is 0.0481. The lowest BCUT2D eigenvalue weighted by atomic mass is 10.1. The summed E-state index contributed by atoms with van der Waals surface area (Å²) in [5, 5.41) is 21.4. The van der Waals surface area contributed by atoms with Crippen molar-refractivity contribution in [2.24, 2.45) is 5.16 Å². The lowest BCUT2D eigenvalue weighted by Crippen LogP contribution is -2.26. The van der Waals surface area contributed by atoms with Crippen molar-refractivity contribution in [3.8, 4) is 17.2 Å². The van der Waals surface area contributed by atoms with Crippen molar-refractivity contribution in [3.63, 3.8) is 0 Å². The van der Waals surface area contributed by atoms with Crippen molar-refractivity contribution >= 4 is 11.7 Å². The second-order valence-electron chi connectivity index (χ2n) is 6.65. The summed E-state index contributed by atoms with van der Waals surface area (Å²) < 4.78 is 16.8. The van der Waals surface area contributed by atoms with E-state index in [0.29, 0.717) is 30.6 Å². The number of carboxylic acids is 1. The maximum Gasteiger partial charge on any atom is 0.333 e. The van der Waals surface area contributed by atoms with Crippen LogP contribution in [-0.4, -0.2) is 52.9 Å². The van der Waals surface area contributed by atoms with Crippen molar-refractivity contribution in [3.05, 3.63) is 66.1 Å². The number of carbonyl (C=O) groups is 1. The highest BCUT2D eigenvalue weighted by atomic mass is 16.6. The molecular formula is C23H25N3O6. The summed E-state index contributed by atoms with van der Waals surface area (Å²) in [6.07, 6.45) is -0.613. The fourth-order valence-corrected chi connectivity index (χ4v) is 2.81. The summed E-state index contributed by atoms with van der Waals surface area (Å²) in [5.74, 6) is 0.161. The minimum Gasteiger partial charge on any atom is -0.487 e. The molecule has 0 aliphatic carbocycles. The molecule has 3 aromatic rings. The van der Waals surface area contributed by atoms with E-state index in [-0.39, 0.29) is 18.9 Å². The highest BCUT2D eigenvalue weighted by Gasteiger charge is 2.18. The molecule has 0 radical (unpaired) electrons.